The molecule has 1 aliphatic rings. The first-order valence-electron chi connectivity index (χ1n) is 13.4. The Labute approximate surface area is 215 Å². The van der Waals surface area contributed by atoms with Gasteiger partial charge >= 0.3 is 11.9 Å². The predicted molar refractivity (Wildman–Crippen MR) is 140 cm³/mol. The first-order valence-corrected chi connectivity index (χ1v) is 13.4. The molecule has 6 heteroatoms. The van der Waals surface area contributed by atoms with E-state index >= 15 is 0 Å². The normalized spacial score (nSPS) is 14.6. The molecule has 2 aromatic rings. The molecule has 1 unspecified atom stereocenters. The van der Waals surface area contributed by atoms with E-state index in [1.54, 1.807) is 48.5 Å². The summed E-state index contributed by atoms with van der Waals surface area (Å²) < 4.78 is 22.9. The van der Waals surface area contributed by atoms with Crippen molar-refractivity contribution in [2.45, 2.75) is 77.7 Å². The first kappa shape index (κ1) is 27.6. The van der Waals surface area contributed by atoms with Crippen LogP contribution < -0.4 is 9.47 Å². The van der Waals surface area contributed by atoms with Gasteiger partial charge in [-0.25, -0.2) is 9.59 Å². The Balaban J connectivity index is 1.57. The molecule has 2 aromatic carbocycles. The number of rotatable bonds is 14. The second-order valence-electron chi connectivity index (χ2n) is 9.39. The minimum atomic E-state index is -0.473. The number of carbonyl (C=O) groups excluding carboxylic acids is 2. The van der Waals surface area contributed by atoms with E-state index in [1.165, 1.54) is 6.42 Å². The lowest BCUT2D eigenvalue weighted by Crippen LogP contribution is -2.33. The predicted octanol–water partition coefficient (Wildman–Crippen LogP) is 7.01. The zero-order valence-electron chi connectivity index (χ0n) is 21.7. The van der Waals surface area contributed by atoms with Crippen LogP contribution in [0.1, 0.15) is 92.4 Å². The van der Waals surface area contributed by atoms with Gasteiger partial charge in [-0.2, -0.15) is 0 Å². The fourth-order valence-corrected chi connectivity index (χ4v) is 4.26. The molecule has 0 amide bonds. The number of esters is 2. The Bertz CT molecular complexity index is 915. The zero-order chi connectivity index (χ0) is 25.6. The maximum atomic E-state index is 12.9. The maximum Gasteiger partial charge on any atom is 0.338 e. The topological polar surface area (TPSA) is 71.1 Å². The smallest absolute Gasteiger partial charge is 0.338 e. The van der Waals surface area contributed by atoms with Crippen LogP contribution in [0.25, 0.3) is 0 Å². The molecule has 1 aliphatic carbocycles. The van der Waals surface area contributed by atoms with Gasteiger partial charge in [0.15, 0.2) is 0 Å². The molecule has 0 aliphatic heterocycles. The van der Waals surface area contributed by atoms with Crippen LogP contribution in [-0.4, -0.2) is 37.9 Å². The zero-order valence-corrected chi connectivity index (χ0v) is 21.7. The van der Waals surface area contributed by atoms with Crippen molar-refractivity contribution >= 4 is 11.9 Å². The molecular formula is C30H40O6. The lowest BCUT2D eigenvalue weighted by molar-refractivity contribution is -0.0247. The Morgan fingerprint density at radius 2 is 1.25 bits per heavy atom. The summed E-state index contributed by atoms with van der Waals surface area (Å²) in [5.74, 6) is 0.813. The van der Waals surface area contributed by atoms with Crippen LogP contribution in [0, 0.1) is 5.92 Å². The van der Waals surface area contributed by atoms with Crippen molar-refractivity contribution in [2.24, 2.45) is 5.92 Å². The van der Waals surface area contributed by atoms with Gasteiger partial charge in [0.2, 0.25) is 0 Å². The molecule has 6 nitrogen and oxygen atoms in total. The van der Waals surface area contributed by atoms with E-state index in [-0.39, 0.29) is 12.5 Å². The Morgan fingerprint density at radius 3 is 1.75 bits per heavy atom. The molecular weight excluding hydrogens is 456 g/mol. The molecule has 1 saturated carbocycles. The van der Waals surface area contributed by atoms with Crippen LogP contribution in [0.2, 0.25) is 0 Å². The Hall–Kier alpha value is -3.02. The third kappa shape index (κ3) is 8.89. The fourth-order valence-electron chi connectivity index (χ4n) is 4.26. The van der Waals surface area contributed by atoms with Crippen LogP contribution in [0.4, 0.5) is 0 Å². The van der Waals surface area contributed by atoms with E-state index in [9.17, 15) is 9.59 Å². The second kappa shape index (κ2) is 15.2. The number of ether oxygens (including phenoxy) is 4. The molecule has 3 rings (SSSR count). The summed E-state index contributed by atoms with van der Waals surface area (Å²) in [6, 6.07) is 14.0. The summed E-state index contributed by atoms with van der Waals surface area (Å²) in [4.78, 5) is 25.6. The summed E-state index contributed by atoms with van der Waals surface area (Å²) >= 11 is 0. The highest BCUT2D eigenvalue weighted by Crippen LogP contribution is 2.29. The van der Waals surface area contributed by atoms with Crippen molar-refractivity contribution < 1.29 is 28.5 Å². The quantitative estimate of drug-likeness (QED) is 0.207. The van der Waals surface area contributed by atoms with E-state index in [1.807, 2.05) is 0 Å². The van der Waals surface area contributed by atoms with Gasteiger partial charge in [-0.3, -0.25) is 0 Å². The van der Waals surface area contributed by atoms with E-state index in [4.69, 9.17) is 18.9 Å². The van der Waals surface area contributed by atoms with Gasteiger partial charge in [0, 0.05) is 0 Å². The third-order valence-electron chi connectivity index (χ3n) is 6.53. The number of hydrogen-bond acceptors (Lipinski definition) is 6. The summed E-state index contributed by atoms with van der Waals surface area (Å²) in [7, 11) is 0. The highest BCUT2D eigenvalue weighted by atomic mass is 16.6. The minimum Gasteiger partial charge on any atom is -0.494 e. The average molecular weight is 497 g/mol. The van der Waals surface area contributed by atoms with Gasteiger partial charge in [-0.05, 0) is 80.1 Å². The molecule has 0 aromatic heterocycles. The number of unbranched alkanes of at least 4 members (excludes halogenated alkanes) is 2. The van der Waals surface area contributed by atoms with Crippen LogP contribution in [0.5, 0.6) is 11.5 Å². The number of carbonyl (C=O) groups is 2. The van der Waals surface area contributed by atoms with Crippen molar-refractivity contribution in [3.05, 3.63) is 59.7 Å². The first-order chi connectivity index (χ1) is 17.6. The molecule has 0 spiro atoms. The van der Waals surface area contributed by atoms with Gasteiger partial charge < -0.3 is 18.9 Å². The standard InChI is InChI=1S/C30H40O6/c1-3-5-20-33-26-16-12-24(13-17-26)29(31)35-22-28(23-10-8-7-9-11-23)36-30(32)25-14-18-27(19-15-25)34-21-6-4-2/h12-19,23,28H,3-11,20-22H2,1-2H3. The van der Waals surface area contributed by atoms with Crippen LogP contribution in [-0.2, 0) is 9.47 Å². The van der Waals surface area contributed by atoms with Gasteiger partial charge in [0.05, 0.1) is 24.3 Å². The number of benzene rings is 2. The van der Waals surface area contributed by atoms with Crippen LogP contribution in [0.15, 0.2) is 48.5 Å². The molecule has 1 fully saturated rings. The highest BCUT2D eigenvalue weighted by Gasteiger charge is 2.29. The van der Waals surface area contributed by atoms with Crippen molar-refractivity contribution in [1.29, 1.82) is 0 Å². The van der Waals surface area contributed by atoms with Crippen molar-refractivity contribution in [3.8, 4) is 11.5 Å². The summed E-state index contributed by atoms with van der Waals surface area (Å²) in [5, 5.41) is 0. The summed E-state index contributed by atoms with van der Waals surface area (Å²) in [6.45, 7) is 5.58. The van der Waals surface area contributed by atoms with Crippen LogP contribution >= 0.6 is 0 Å². The SMILES string of the molecule is CCCCOc1ccc(C(=O)OCC(OC(=O)c2ccc(OCCCC)cc2)C2CCCCC2)cc1. The van der Waals surface area contributed by atoms with E-state index in [0.717, 1.165) is 62.9 Å². The molecule has 0 heterocycles. The van der Waals surface area contributed by atoms with Crippen molar-refractivity contribution in [1.82, 2.24) is 0 Å². The van der Waals surface area contributed by atoms with Crippen molar-refractivity contribution in [3.63, 3.8) is 0 Å². The molecule has 0 bridgehead atoms. The monoisotopic (exact) mass is 496 g/mol. The van der Waals surface area contributed by atoms with E-state index in [0.29, 0.717) is 24.3 Å². The molecule has 0 saturated heterocycles. The minimum absolute atomic E-state index is 0.0439. The largest absolute Gasteiger partial charge is 0.494 e. The van der Waals surface area contributed by atoms with Gasteiger partial charge in [0.1, 0.15) is 24.2 Å². The highest BCUT2D eigenvalue weighted by molar-refractivity contribution is 5.90. The Kier molecular flexibility index (Phi) is 11.6. The second-order valence-corrected chi connectivity index (χ2v) is 9.39. The van der Waals surface area contributed by atoms with Gasteiger partial charge in [-0.15, -0.1) is 0 Å². The maximum absolute atomic E-state index is 12.9. The van der Waals surface area contributed by atoms with Crippen molar-refractivity contribution in [2.75, 3.05) is 19.8 Å². The average Bonchev–Trinajstić information content (AvgIpc) is 2.92. The molecule has 1 atom stereocenters. The molecule has 0 radical (unpaired) electrons. The fraction of sp³-hybridized carbons (Fsp3) is 0.533. The van der Waals surface area contributed by atoms with Crippen LogP contribution in [0.3, 0.4) is 0 Å². The molecule has 36 heavy (non-hydrogen) atoms. The molecule has 0 N–H and O–H groups in total. The van der Waals surface area contributed by atoms with E-state index in [2.05, 4.69) is 13.8 Å². The van der Waals surface area contributed by atoms with E-state index < -0.39 is 18.0 Å². The lowest BCUT2D eigenvalue weighted by atomic mass is 9.85. The van der Waals surface area contributed by atoms with Gasteiger partial charge in [-0.1, -0.05) is 46.0 Å². The number of hydrogen-bond donors (Lipinski definition) is 0. The third-order valence-corrected chi connectivity index (χ3v) is 6.53. The molecule has 196 valence electrons. The Morgan fingerprint density at radius 1 is 0.750 bits per heavy atom. The van der Waals surface area contributed by atoms with Gasteiger partial charge in [0.25, 0.3) is 0 Å². The lowest BCUT2D eigenvalue weighted by Gasteiger charge is -2.29. The summed E-state index contributed by atoms with van der Waals surface area (Å²) in [6.07, 6.45) is 8.93. The summed E-state index contributed by atoms with van der Waals surface area (Å²) in [5.41, 5.74) is 0.911.